The molecule has 1 aliphatic heterocycles. The Labute approximate surface area is 89.2 Å². The lowest BCUT2D eigenvalue weighted by atomic mass is 10.2. The fourth-order valence-electron chi connectivity index (χ4n) is 1.51. The van der Waals surface area contributed by atoms with Gasteiger partial charge in [0, 0.05) is 23.7 Å². The molecule has 1 fully saturated rings. The first-order valence-corrected chi connectivity index (χ1v) is 5.95. The highest BCUT2D eigenvalue weighted by atomic mass is 32.2. The van der Waals surface area contributed by atoms with Crippen molar-refractivity contribution in [2.45, 2.75) is 4.90 Å². The van der Waals surface area contributed by atoms with Crippen molar-refractivity contribution in [2.75, 3.05) is 30.9 Å². The van der Waals surface area contributed by atoms with Crippen LogP contribution in [0.3, 0.4) is 0 Å². The molecule has 2 nitrogen and oxygen atoms in total. The van der Waals surface area contributed by atoms with E-state index in [1.54, 1.807) is 11.8 Å². The molecule has 1 saturated heterocycles. The van der Waals surface area contributed by atoms with Crippen LogP contribution in [0.15, 0.2) is 29.2 Å². The Morgan fingerprint density at radius 1 is 1.29 bits per heavy atom. The highest BCUT2D eigenvalue weighted by Gasteiger charge is 2.10. The summed E-state index contributed by atoms with van der Waals surface area (Å²) in [6.07, 6.45) is 2.09. The molecule has 14 heavy (non-hydrogen) atoms. The Hall–Kier alpha value is -0.670. The van der Waals surface area contributed by atoms with E-state index in [2.05, 4.69) is 35.4 Å². The number of benzene rings is 1. The second-order valence-electron chi connectivity index (χ2n) is 3.18. The monoisotopic (exact) mass is 208 g/mol. The summed E-state index contributed by atoms with van der Waals surface area (Å²) < 4.78 is 5.20. The highest BCUT2D eigenvalue weighted by molar-refractivity contribution is 7.98. The summed E-state index contributed by atoms with van der Waals surface area (Å²) >= 11 is 1.77. The first-order chi connectivity index (χ1) is 6.90. The fourth-order valence-corrected chi connectivity index (χ4v) is 1.92. The van der Waals surface area contributed by atoms with E-state index in [1.807, 2.05) is 6.61 Å². The standard InChI is InChI=1S/C11H14NOS/c1-14-11-4-2-10(3-5-11)12-6-8-13-9-7-12/h2-5,8H,6-7,9H2,1H3. The van der Waals surface area contributed by atoms with E-state index in [1.165, 1.54) is 10.6 Å². The van der Waals surface area contributed by atoms with Gasteiger partial charge in [-0.2, -0.15) is 0 Å². The molecule has 0 bridgehead atoms. The van der Waals surface area contributed by atoms with Crippen LogP contribution in [0.5, 0.6) is 0 Å². The number of thioether (sulfide) groups is 1. The summed E-state index contributed by atoms with van der Waals surface area (Å²) in [6.45, 7) is 4.53. The molecule has 1 radical (unpaired) electrons. The molecule has 1 aliphatic rings. The van der Waals surface area contributed by atoms with Crippen molar-refractivity contribution in [2.24, 2.45) is 0 Å². The predicted molar refractivity (Wildman–Crippen MR) is 60.7 cm³/mol. The molecule has 0 amide bonds. The largest absolute Gasteiger partial charge is 0.372 e. The minimum atomic E-state index is 0.796. The van der Waals surface area contributed by atoms with Gasteiger partial charge in [0.1, 0.15) is 6.61 Å². The van der Waals surface area contributed by atoms with Crippen LogP contribution in [0.2, 0.25) is 0 Å². The number of ether oxygens (including phenoxy) is 1. The van der Waals surface area contributed by atoms with Crippen LogP contribution in [0, 0.1) is 6.61 Å². The first-order valence-electron chi connectivity index (χ1n) is 4.72. The lowest BCUT2D eigenvalue weighted by molar-refractivity contribution is 0.181. The van der Waals surface area contributed by atoms with E-state index in [0.717, 1.165) is 19.7 Å². The third-order valence-corrected chi connectivity index (χ3v) is 3.07. The van der Waals surface area contributed by atoms with Gasteiger partial charge in [0.2, 0.25) is 0 Å². The quantitative estimate of drug-likeness (QED) is 0.692. The third-order valence-electron chi connectivity index (χ3n) is 2.33. The molecule has 0 unspecified atom stereocenters. The van der Waals surface area contributed by atoms with Gasteiger partial charge in [-0.25, -0.2) is 0 Å². The summed E-state index contributed by atoms with van der Waals surface area (Å²) in [7, 11) is 0. The van der Waals surface area contributed by atoms with Crippen LogP contribution in [0.4, 0.5) is 5.69 Å². The maximum atomic E-state index is 5.20. The SMILES string of the molecule is CSc1ccc(N2C[CH]OCC2)cc1. The molecule has 1 aromatic carbocycles. The van der Waals surface area contributed by atoms with Crippen molar-refractivity contribution in [3.05, 3.63) is 30.9 Å². The molecule has 2 rings (SSSR count). The van der Waals surface area contributed by atoms with Gasteiger partial charge >= 0.3 is 0 Å². The van der Waals surface area contributed by atoms with E-state index in [0.29, 0.717) is 0 Å². The first kappa shape index (κ1) is 9.87. The van der Waals surface area contributed by atoms with Gasteiger partial charge in [0.15, 0.2) is 0 Å². The lowest BCUT2D eigenvalue weighted by Gasteiger charge is -2.28. The number of nitrogens with zero attached hydrogens (tertiary/aromatic N) is 1. The molecule has 0 aliphatic carbocycles. The Morgan fingerprint density at radius 3 is 2.64 bits per heavy atom. The van der Waals surface area contributed by atoms with Gasteiger partial charge in [-0.15, -0.1) is 11.8 Å². The predicted octanol–water partition coefficient (Wildman–Crippen LogP) is 2.41. The second-order valence-corrected chi connectivity index (χ2v) is 4.06. The van der Waals surface area contributed by atoms with Gasteiger partial charge in [0.05, 0.1) is 6.61 Å². The summed E-state index contributed by atoms with van der Waals surface area (Å²) in [5.41, 5.74) is 1.28. The van der Waals surface area contributed by atoms with Crippen LogP contribution in [0.25, 0.3) is 0 Å². The Bertz CT molecular complexity index is 280. The number of morpholine rings is 1. The minimum absolute atomic E-state index is 0.796. The topological polar surface area (TPSA) is 12.5 Å². The minimum Gasteiger partial charge on any atom is -0.372 e. The van der Waals surface area contributed by atoms with Crippen molar-refractivity contribution < 1.29 is 4.74 Å². The Morgan fingerprint density at radius 2 is 2.07 bits per heavy atom. The molecule has 0 spiro atoms. The molecule has 1 aromatic rings. The zero-order valence-electron chi connectivity index (χ0n) is 8.27. The fraction of sp³-hybridized carbons (Fsp3) is 0.364. The molecule has 0 atom stereocenters. The number of hydrogen-bond donors (Lipinski definition) is 0. The van der Waals surface area contributed by atoms with Crippen LogP contribution < -0.4 is 4.90 Å². The molecule has 1 heterocycles. The molecule has 0 N–H and O–H groups in total. The maximum absolute atomic E-state index is 5.20. The zero-order chi connectivity index (χ0) is 9.80. The molecular formula is C11H14NOS. The van der Waals surface area contributed by atoms with E-state index in [4.69, 9.17) is 4.74 Å². The Kier molecular flexibility index (Phi) is 3.32. The number of rotatable bonds is 2. The molecule has 3 heteroatoms. The van der Waals surface area contributed by atoms with E-state index >= 15 is 0 Å². The van der Waals surface area contributed by atoms with Gasteiger partial charge in [-0.05, 0) is 30.5 Å². The average Bonchev–Trinajstić information content (AvgIpc) is 2.30. The van der Waals surface area contributed by atoms with Crippen LogP contribution in [-0.4, -0.2) is 26.0 Å². The molecular weight excluding hydrogens is 194 g/mol. The lowest BCUT2D eigenvalue weighted by Crippen LogP contribution is -2.33. The average molecular weight is 208 g/mol. The number of hydrogen-bond acceptors (Lipinski definition) is 3. The zero-order valence-corrected chi connectivity index (χ0v) is 9.09. The molecule has 0 saturated carbocycles. The van der Waals surface area contributed by atoms with Crippen molar-refractivity contribution in [1.29, 1.82) is 0 Å². The highest BCUT2D eigenvalue weighted by Crippen LogP contribution is 2.21. The van der Waals surface area contributed by atoms with Gasteiger partial charge in [0.25, 0.3) is 0 Å². The third kappa shape index (κ3) is 2.22. The van der Waals surface area contributed by atoms with E-state index < -0.39 is 0 Å². The van der Waals surface area contributed by atoms with Crippen molar-refractivity contribution in [1.82, 2.24) is 0 Å². The van der Waals surface area contributed by atoms with E-state index in [9.17, 15) is 0 Å². The summed E-state index contributed by atoms with van der Waals surface area (Å²) in [5, 5.41) is 0. The van der Waals surface area contributed by atoms with Gasteiger partial charge < -0.3 is 9.64 Å². The maximum Gasteiger partial charge on any atom is 0.103 e. The number of anilines is 1. The van der Waals surface area contributed by atoms with Crippen LogP contribution in [-0.2, 0) is 4.74 Å². The van der Waals surface area contributed by atoms with Crippen molar-refractivity contribution >= 4 is 17.4 Å². The van der Waals surface area contributed by atoms with Crippen molar-refractivity contribution in [3.63, 3.8) is 0 Å². The summed E-state index contributed by atoms with van der Waals surface area (Å²) in [4.78, 5) is 3.62. The van der Waals surface area contributed by atoms with Crippen molar-refractivity contribution in [3.8, 4) is 0 Å². The second kappa shape index (κ2) is 4.71. The normalized spacial score (nSPS) is 17.1. The van der Waals surface area contributed by atoms with Crippen LogP contribution in [0.1, 0.15) is 0 Å². The van der Waals surface area contributed by atoms with Crippen LogP contribution >= 0.6 is 11.8 Å². The smallest absolute Gasteiger partial charge is 0.103 e. The Balaban J connectivity index is 2.07. The molecule has 75 valence electrons. The van der Waals surface area contributed by atoms with Gasteiger partial charge in [-0.1, -0.05) is 0 Å². The summed E-state index contributed by atoms with van der Waals surface area (Å²) in [5.74, 6) is 0. The molecule has 0 aromatic heterocycles. The summed E-state index contributed by atoms with van der Waals surface area (Å²) in [6, 6.07) is 8.67. The van der Waals surface area contributed by atoms with Gasteiger partial charge in [-0.3, -0.25) is 0 Å². The van der Waals surface area contributed by atoms with E-state index in [-0.39, 0.29) is 0 Å².